The Labute approximate surface area is 204 Å². The third-order valence-corrected chi connectivity index (χ3v) is 4.08. The van der Waals surface area contributed by atoms with Crippen molar-refractivity contribution >= 4 is 5.65 Å². The number of halogens is 2. The number of aryl methyl sites for hydroxylation is 1. The molecule has 10 heteroatoms. The molecule has 0 amide bonds. The van der Waals surface area contributed by atoms with Crippen LogP contribution in [0.15, 0.2) is 52.2 Å². The molecule has 6 nitrogen and oxygen atoms in total. The molecule has 0 radical (unpaired) electrons. The van der Waals surface area contributed by atoms with E-state index in [1.165, 1.54) is 35.0 Å². The molecule has 0 aliphatic rings. The number of hydrogen-bond donors (Lipinski definition) is 2. The molecule has 134 valence electrons. The summed E-state index contributed by atoms with van der Waals surface area (Å²) in [7, 11) is 0. The van der Waals surface area contributed by atoms with Crippen LogP contribution in [0, 0.1) is 18.6 Å². The molecule has 4 rings (SSSR count). The predicted octanol–water partition coefficient (Wildman–Crippen LogP) is -3.14. The second-order valence-corrected chi connectivity index (χ2v) is 5.82. The van der Waals surface area contributed by atoms with Crippen molar-refractivity contribution in [1.29, 1.82) is 0 Å². The van der Waals surface area contributed by atoms with E-state index in [0.717, 1.165) is 12.1 Å². The first kappa shape index (κ1) is 22.7. The summed E-state index contributed by atoms with van der Waals surface area (Å²) in [5.41, 5.74) is 1.41. The van der Waals surface area contributed by atoms with Gasteiger partial charge in [-0.15, -0.1) is 0 Å². The first-order chi connectivity index (χ1) is 12.4. The zero-order valence-electron chi connectivity index (χ0n) is 17.5. The van der Waals surface area contributed by atoms with Gasteiger partial charge in [0.1, 0.15) is 11.6 Å². The zero-order chi connectivity index (χ0) is 18.4. The van der Waals surface area contributed by atoms with Gasteiger partial charge in [0.25, 0.3) is 5.56 Å². The van der Waals surface area contributed by atoms with Crippen LogP contribution in [-0.2, 0) is 0 Å². The van der Waals surface area contributed by atoms with Gasteiger partial charge >= 0.3 is 59.1 Å². The van der Waals surface area contributed by atoms with Crippen LogP contribution in [0.5, 0.6) is 0 Å². The van der Waals surface area contributed by atoms with Gasteiger partial charge in [0.15, 0.2) is 5.65 Å². The molecule has 3 aromatic heterocycles. The summed E-state index contributed by atoms with van der Waals surface area (Å²) < 4.78 is 28.7. The Morgan fingerprint density at radius 2 is 1.82 bits per heavy atom. The molecular weight excluding hydrogens is 388 g/mol. The largest absolute Gasteiger partial charge is 1.00 e. The SMILES string of the molecule is Cc1[nH]n2c(=O)cc(-c3ccc(=O)[nH]c3)nc2c1-c1ccc(F)cc1F.[H-].[H-].[Na+].[Na+]. The molecule has 0 saturated heterocycles. The number of nitrogens with one attached hydrogen (secondary N) is 2. The van der Waals surface area contributed by atoms with Gasteiger partial charge in [-0.2, -0.15) is 0 Å². The average Bonchev–Trinajstić information content (AvgIpc) is 2.92. The quantitative estimate of drug-likeness (QED) is 0.348. The van der Waals surface area contributed by atoms with Gasteiger partial charge in [0, 0.05) is 46.8 Å². The van der Waals surface area contributed by atoms with Gasteiger partial charge in [0.05, 0.1) is 5.69 Å². The second-order valence-electron chi connectivity index (χ2n) is 5.82. The van der Waals surface area contributed by atoms with E-state index in [0.29, 0.717) is 22.5 Å². The summed E-state index contributed by atoms with van der Waals surface area (Å²) in [5, 5.41) is 2.85. The number of nitrogens with zero attached hydrogens (tertiary/aromatic N) is 2. The molecule has 0 aliphatic heterocycles. The number of benzene rings is 1. The minimum absolute atomic E-state index is 0. The van der Waals surface area contributed by atoms with Crippen molar-refractivity contribution in [3.63, 3.8) is 0 Å². The number of H-pyrrole nitrogens is 2. The van der Waals surface area contributed by atoms with Crippen LogP contribution in [0.3, 0.4) is 0 Å². The average molecular weight is 402 g/mol. The fourth-order valence-corrected chi connectivity index (χ4v) is 2.88. The van der Waals surface area contributed by atoms with Gasteiger partial charge in [-0.1, -0.05) is 0 Å². The van der Waals surface area contributed by atoms with E-state index in [1.54, 1.807) is 6.92 Å². The van der Waals surface area contributed by atoms with E-state index < -0.39 is 17.2 Å². The molecule has 4 aromatic rings. The van der Waals surface area contributed by atoms with Crippen LogP contribution in [0.1, 0.15) is 8.55 Å². The molecule has 0 spiro atoms. The molecule has 0 unspecified atom stereocenters. The van der Waals surface area contributed by atoms with Crippen molar-refractivity contribution in [2.75, 3.05) is 0 Å². The first-order valence-corrected chi connectivity index (χ1v) is 7.71. The summed E-state index contributed by atoms with van der Waals surface area (Å²) in [5.74, 6) is -1.44. The molecule has 28 heavy (non-hydrogen) atoms. The fraction of sp³-hybridized carbons (Fsp3) is 0.0556. The number of aromatic amines is 2. The maximum atomic E-state index is 14.3. The van der Waals surface area contributed by atoms with Crippen LogP contribution < -0.4 is 70.2 Å². The molecule has 0 aliphatic carbocycles. The maximum Gasteiger partial charge on any atom is 1.00 e. The second kappa shape index (κ2) is 8.86. The fourth-order valence-electron chi connectivity index (χ4n) is 2.88. The van der Waals surface area contributed by atoms with E-state index in [1.807, 2.05) is 0 Å². The minimum atomic E-state index is -0.752. The molecule has 0 fully saturated rings. The number of aromatic nitrogens is 4. The zero-order valence-corrected chi connectivity index (χ0v) is 19.5. The third kappa shape index (κ3) is 4.07. The summed E-state index contributed by atoms with van der Waals surface area (Å²) in [6, 6.07) is 7.39. The van der Waals surface area contributed by atoms with E-state index in [4.69, 9.17) is 0 Å². The molecule has 3 heterocycles. The van der Waals surface area contributed by atoms with E-state index in [9.17, 15) is 18.4 Å². The van der Waals surface area contributed by atoms with Gasteiger partial charge in [0.2, 0.25) is 5.56 Å². The van der Waals surface area contributed by atoms with Crippen molar-refractivity contribution in [2.45, 2.75) is 6.92 Å². The number of fused-ring (bicyclic) bond motifs is 1. The van der Waals surface area contributed by atoms with Crippen molar-refractivity contribution in [3.05, 3.63) is 80.6 Å². The molecule has 1 aromatic carbocycles. The van der Waals surface area contributed by atoms with Crippen LogP contribution in [0.4, 0.5) is 8.78 Å². The van der Waals surface area contributed by atoms with E-state index in [2.05, 4.69) is 15.1 Å². The van der Waals surface area contributed by atoms with Crippen LogP contribution in [0.2, 0.25) is 0 Å². The Bertz CT molecular complexity index is 1270. The topological polar surface area (TPSA) is 83.0 Å². The monoisotopic (exact) mass is 402 g/mol. The van der Waals surface area contributed by atoms with Gasteiger partial charge in [-0.3, -0.25) is 14.7 Å². The summed E-state index contributed by atoms with van der Waals surface area (Å²) in [4.78, 5) is 30.6. The van der Waals surface area contributed by atoms with Crippen LogP contribution >= 0.6 is 0 Å². The Hall–Kier alpha value is -1.55. The number of rotatable bonds is 2. The number of pyridine rings is 1. The van der Waals surface area contributed by atoms with Crippen LogP contribution in [-0.4, -0.2) is 19.6 Å². The summed E-state index contributed by atoms with van der Waals surface area (Å²) >= 11 is 0. The minimum Gasteiger partial charge on any atom is -1.00 e. The van der Waals surface area contributed by atoms with Crippen molar-refractivity contribution in [1.82, 2.24) is 19.6 Å². The van der Waals surface area contributed by atoms with Gasteiger partial charge in [-0.25, -0.2) is 18.3 Å². The first-order valence-electron chi connectivity index (χ1n) is 7.71. The van der Waals surface area contributed by atoms with Gasteiger partial charge in [-0.05, 0) is 25.1 Å². The summed E-state index contributed by atoms with van der Waals surface area (Å²) in [6.07, 6.45) is 1.44. The van der Waals surface area contributed by atoms with Crippen molar-refractivity contribution < 1.29 is 70.7 Å². The Kier molecular flexibility index (Phi) is 7.19. The number of hydrogen-bond acceptors (Lipinski definition) is 3. The molecule has 0 atom stereocenters. The van der Waals surface area contributed by atoms with Crippen LogP contribution in [0.25, 0.3) is 28.0 Å². The summed E-state index contributed by atoms with van der Waals surface area (Å²) in [6.45, 7) is 1.67. The molecular formula is C18H14F2N4Na2O2. The Morgan fingerprint density at radius 1 is 1.07 bits per heavy atom. The molecule has 2 N–H and O–H groups in total. The van der Waals surface area contributed by atoms with Crippen molar-refractivity contribution in [3.8, 4) is 22.4 Å². The van der Waals surface area contributed by atoms with E-state index >= 15 is 0 Å². The standard InChI is InChI=1S/C18H12F2N4O2.2Na.2H/c1-9-17(12-4-3-11(19)6-13(12)20)18-22-14(7-16(26)24(18)23-9)10-2-5-15(25)21-8-10;;;;/h2-8,23H,1H3,(H,21,25);;;;/q;2*+1;2*-1. The predicted molar refractivity (Wildman–Crippen MR) is 94.2 cm³/mol. The van der Waals surface area contributed by atoms with Crippen molar-refractivity contribution in [2.24, 2.45) is 0 Å². The Balaban J connectivity index is 0.00000210. The van der Waals surface area contributed by atoms with Gasteiger partial charge < -0.3 is 7.84 Å². The Morgan fingerprint density at radius 3 is 2.46 bits per heavy atom. The maximum absolute atomic E-state index is 14.3. The third-order valence-electron chi connectivity index (χ3n) is 4.08. The van der Waals surface area contributed by atoms with E-state index in [-0.39, 0.29) is 78.7 Å². The molecule has 0 bridgehead atoms. The normalized spacial score (nSPS) is 10.4. The smallest absolute Gasteiger partial charge is 1.00 e. The molecule has 0 saturated carbocycles.